The van der Waals surface area contributed by atoms with Gasteiger partial charge < -0.3 is 15.4 Å². The van der Waals surface area contributed by atoms with E-state index in [0.717, 1.165) is 61.8 Å². The number of aromatic amines is 1. The lowest BCUT2D eigenvalue weighted by molar-refractivity contribution is -0.0530. The van der Waals surface area contributed by atoms with Crippen molar-refractivity contribution < 1.29 is 13.9 Å². The van der Waals surface area contributed by atoms with Crippen LogP contribution in [-0.4, -0.2) is 76.2 Å². The molecule has 13 heteroatoms. The normalized spacial score (nSPS) is 29.5. The highest BCUT2D eigenvalue weighted by Crippen LogP contribution is 2.57. The van der Waals surface area contributed by atoms with Crippen LogP contribution in [0.25, 0.3) is 5.65 Å². The van der Waals surface area contributed by atoms with Crippen LogP contribution in [0.1, 0.15) is 55.5 Å². The molecule has 5 fully saturated rings. The van der Waals surface area contributed by atoms with Crippen LogP contribution in [-0.2, 0) is 11.3 Å². The highest BCUT2D eigenvalue weighted by atomic mass is 19.1. The van der Waals surface area contributed by atoms with Gasteiger partial charge >= 0.3 is 6.09 Å². The van der Waals surface area contributed by atoms with Gasteiger partial charge in [0.1, 0.15) is 17.9 Å². The maximum atomic E-state index is 14.8. The SMILES string of the molecule is O=C(NC12CC(C1)C2)O[C@H]1C[C@@H](c2cc(Nc3nccc4nc(CN5CC(n6cccn6)C5)cn34)n[nH]2)C[C@H]1F. The van der Waals surface area contributed by atoms with E-state index in [1.165, 1.54) is 0 Å². The van der Waals surface area contributed by atoms with Crippen LogP contribution in [0.4, 0.5) is 21.0 Å². The summed E-state index contributed by atoms with van der Waals surface area (Å²) in [7, 11) is 0. The molecule has 3 atom stereocenters. The van der Waals surface area contributed by atoms with Crippen molar-refractivity contribution in [3.8, 4) is 0 Å². The summed E-state index contributed by atoms with van der Waals surface area (Å²) in [6.07, 6.45) is 8.83. The monoisotopic (exact) mass is 546 g/mol. The molecule has 0 radical (unpaired) electrons. The first-order chi connectivity index (χ1) is 19.5. The molecule has 1 amide bonds. The summed E-state index contributed by atoms with van der Waals surface area (Å²) in [5.74, 6) is 1.81. The maximum absolute atomic E-state index is 14.8. The van der Waals surface area contributed by atoms with Crippen LogP contribution in [0.3, 0.4) is 0 Å². The van der Waals surface area contributed by atoms with Crippen molar-refractivity contribution in [2.24, 2.45) is 5.92 Å². The number of nitrogens with one attached hydrogen (secondary N) is 3. The van der Waals surface area contributed by atoms with E-state index < -0.39 is 18.4 Å². The topological polar surface area (TPSA) is 130 Å². The molecule has 4 aromatic heterocycles. The fraction of sp³-hybridized carbons (Fsp3) is 0.519. The van der Waals surface area contributed by atoms with E-state index in [1.54, 1.807) is 6.20 Å². The number of likely N-dealkylation sites (tertiary alicyclic amines) is 1. The first kappa shape index (κ1) is 23.9. The van der Waals surface area contributed by atoms with Gasteiger partial charge in [0.2, 0.25) is 5.95 Å². The molecule has 0 unspecified atom stereocenters. The van der Waals surface area contributed by atoms with Crippen molar-refractivity contribution >= 4 is 23.5 Å². The number of alkyl halides is 1. The number of carbonyl (C=O) groups is 1. The molecule has 12 nitrogen and oxygen atoms in total. The second kappa shape index (κ2) is 9.01. The van der Waals surface area contributed by atoms with Crippen molar-refractivity contribution in [2.45, 2.75) is 68.4 Å². The molecule has 0 aromatic carbocycles. The number of nitrogens with zero attached hydrogens (tertiary/aromatic N) is 7. The number of H-pyrrole nitrogens is 1. The zero-order chi connectivity index (χ0) is 26.8. The number of halogens is 1. The Morgan fingerprint density at radius 1 is 1.23 bits per heavy atom. The number of anilines is 2. The molecule has 1 aliphatic heterocycles. The van der Waals surface area contributed by atoms with Crippen LogP contribution >= 0.6 is 0 Å². The van der Waals surface area contributed by atoms with Crippen LogP contribution < -0.4 is 10.6 Å². The summed E-state index contributed by atoms with van der Waals surface area (Å²) in [5.41, 5.74) is 2.47. The maximum Gasteiger partial charge on any atom is 0.407 e. The predicted octanol–water partition coefficient (Wildman–Crippen LogP) is 3.31. The number of hydrogen-bond donors (Lipinski definition) is 3. The number of alkyl carbamates (subject to hydrolysis) is 1. The minimum absolute atomic E-state index is 0.0823. The van der Waals surface area contributed by atoms with Gasteiger partial charge in [-0.2, -0.15) is 10.2 Å². The van der Waals surface area contributed by atoms with Crippen LogP contribution in [0.2, 0.25) is 0 Å². The summed E-state index contributed by atoms with van der Waals surface area (Å²) in [6.45, 7) is 2.63. The van der Waals surface area contributed by atoms with Crippen LogP contribution in [0, 0.1) is 5.92 Å². The van der Waals surface area contributed by atoms with E-state index in [-0.39, 0.29) is 17.9 Å². The van der Waals surface area contributed by atoms with E-state index in [0.29, 0.717) is 24.2 Å². The van der Waals surface area contributed by atoms with Gasteiger partial charge in [-0.25, -0.2) is 19.2 Å². The second-order valence-corrected chi connectivity index (χ2v) is 11.9. The average molecular weight is 547 g/mol. The van der Waals surface area contributed by atoms with E-state index in [4.69, 9.17) is 9.72 Å². The fourth-order valence-corrected chi connectivity index (χ4v) is 6.77. The number of aromatic nitrogens is 7. The first-order valence-corrected chi connectivity index (χ1v) is 14.0. The molecule has 0 spiro atoms. The molecule has 208 valence electrons. The largest absolute Gasteiger partial charge is 0.443 e. The molecule has 5 heterocycles. The van der Waals surface area contributed by atoms with Crippen molar-refractivity contribution in [1.29, 1.82) is 0 Å². The highest BCUT2D eigenvalue weighted by molar-refractivity contribution is 5.69. The van der Waals surface area contributed by atoms with E-state index in [2.05, 4.69) is 35.8 Å². The quantitative estimate of drug-likeness (QED) is 0.307. The van der Waals surface area contributed by atoms with E-state index in [1.807, 2.05) is 45.9 Å². The van der Waals surface area contributed by atoms with Gasteiger partial charge in [-0.15, -0.1) is 0 Å². The number of carbonyl (C=O) groups excluding carboxylic acids is 1. The molecule has 3 N–H and O–H groups in total. The smallest absolute Gasteiger partial charge is 0.407 e. The van der Waals surface area contributed by atoms with Gasteiger partial charge in [0.15, 0.2) is 5.82 Å². The van der Waals surface area contributed by atoms with E-state index in [9.17, 15) is 9.18 Å². The summed E-state index contributed by atoms with van der Waals surface area (Å²) in [5, 5.41) is 18.0. The van der Waals surface area contributed by atoms with Crippen LogP contribution in [0.15, 0.2) is 43.0 Å². The average Bonchev–Trinajstić information content (AvgIpc) is 3.66. The van der Waals surface area contributed by atoms with Crippen molar-refractivity contribution in [1.82, 2.24) is 44.6 Å². The molecule has 5 aliphatic rings. The van der Waals surface area contributed by atoms with Gasteiger partial charge in [0, 0.05) is 67.6 Å². The summed E-state index contributed by atoms with van der Waals surface area (Å²) < 4.78 is 24.2. The minimum Gasteiger partial charge on any atom is -0.443 e. The zero-order valence-corrected chi connectivity index (χ0v) is 21.9. The number of hydrogen-bond acceptors (Lipinski definition) is 8. The molecule has 9 rings (SSSR count). The number of rotatable bonds is 8. The zero-order valence-electron chi connectivity index (χ0n) is 21.9. The third-order valence-corrected chi connectivity index (χ3v) is 9.03. The Bertz CT molecular complexity index is 1530. The summed E-state index contributed by atoms with van der Waals surface area (Å²) in [4.78, 5) is 23.9. The number of imidazole rings is 1. The molecule has 1 saturated heterocycles. The molecule has 4 aromatic rings. The van der Waals surface area contributed by atoms with Gasteiger partial charge in [-0.05, 0) is 50.2 Å². The number of fused-ring (bicyclic) bond motifs is 1. The Morgan fingerprint density at radius 2 is 2.10 bits per heavy atom. The number of amides is 1. The molecular formula is C27H31FN10O2. The Hall–Kier alpha value is -4.00. The first-order valence-electron chi connectivity index (χ1n) is 14.0. The molecule has 4 saturated carbocycles. The van der Waals surface area contributed by atoms with E-state index >= 15 is 0 Å². The Balaban J connectivity index is 0.892. The lowest BCUT2D eigenvalue weighted by Gasteiger charge is -2.61. The lowest BCUT2D eigenvalue weighted by atomic mass is 9.50. The fourth-order valence-electron chi connectivity index (χ4n) is 6.77. The summed E-state index contributed by atoms with van der Waals surface area (Å²) >= 11 is 0. The Labute approximate surface area is 229 Å². The Morgan fingerprint density at radius 3 is 2.88 bits per heavy atom. The summed E-state index contributed by atoms with van der Waals surface area (Å²) in [6, 6.07) is 6.10. The van der Waals surface area contributed by atoms with Crippen molar-refractivity contribution in [3.05, 3.63) is 54.4 Å². The van der Waals surface area contributed by atoms with Crippen molar-refractivity contribution in [2.75, 3.05) is 18.4 Å². The second-order valence-electron chi connectivity index (χ2n) is 11.9. The molecule has 40 heavy (non-hydrogen) atoms. The third kappa shape index (κ3) is 4.19. The minimum atomic E-state index is -1.20. The van der Waals surface area contributed by atoms with Crippen LogP contribution in [0.5, 0.6) is 0 Å². The molecule has 4 aliphatic carbocycles. The van der Waals surface area contributed by atoms with Gasteiger partial charge in [0.05, 0.1) is 11.7 Å². The highest BCUT2D eigenvalue weighted by Gasteiger charge is 2.58. The molecular weight excluding hydrogens is 515 g/mol. The standard InChI is InChI=1S/C27H31FN10O2/c28-20-6-17(7-22(20)40-26(39)33-27-9-16(10-27)11-27)21-8-23(35-34-21)32-25-29-4-2-24-31-18(13-37(24)25)12-36-14-19(15-36)38-5-1-3-30-38/h1-5,8,13,16-17,19-20,22H,6-7,9-12,14-15H2,(H,33,39)(H2,29,32,34,35)/t16?,17-,20+,22-,27?/m0/s1. The number of ether oxygens (including phenoxy) is 1. The third-order valence-electron chi connectivity index (χ3n) is 9.03. The molecule has 2 bridgehead atoms. The predicted molar refractivity (Wildman–Crippen MR) is 142 cm³/mol. The van der Waals surface area contributed by atoms with Crippen molar-refractivity contribution in [3.63, 3.8) is 0 Å². The van der Waals surface area contributed by atoms with Gasteiger partial charge in [-0.3, -0.25) is 19.1 Å². The van der Waals surface area contributed by atoms with Gasteiger partial charge in [0.25, 0.3) is 0 Å². The lowest BCUT2D eigenvalue weighted by Crippen LogP contribution is -2.68. The Kier molecular flexibility index (Phi) is 5.37. The van der Waals surface area contributed by atoms with Gasteiger partial charge in [-0.1, -0.05) is 0 Å².